The molecule has 0 aliphatic carbocycles. The third-order valence-electron chi connectivity index (χ3n) is 6.46. The molecule has 0 saturated carbocycles. The van der Waals surface area contributed by atoms with Crippen LogP contribution >= 0.6 is 11.8 Å². The van der Waals surface area contributed by atoms with Crippen molar-refractivity contribution in [3.05, 3.63) is 96.1 Å². The Morgan fingerprint density at radius 1 is 0.917 bits per heavy atom. The number of nitrogens with one attached hydrogen (secondary N) is 1. The average molecular weight is 503 g/mol. The van der Waals surface area contributed by atoms with Crippen LogP contribution in [-0.2, 0) is 22.6 Å². The van der Waals surface area contributed by atoms with Crippen LogP contribution in [0.3, 0.4) is 0 Å². The summed E-state index contributed by atoms with van der Waals surface area (Å²) in [5.74, 6) is 1.71. The van der Waals surface area contributed by atoms with E-state index in [9.17, 15) is 9.59 Å². The Balaban J connectivity index is 1.26. The first kappa shape index (κ1) is 25.8. The zero-order chi connectivity index (χ0) is 25.2. The van der Waals surface area contributed by atoms with Gasteiger partial charge in [0.15, 0.2) is 0 Å². The van der Waals surface area contributed by atoms with Gasteiger partial charge in [-0.3, -0.25) is 9.59 Å². The Morgan fingerprint density at radius 2 is 1.53 bits per heavy atom. The molecule has 1 N–H and O–H groups in total. The summed E-state index contributed by atoms with van der Waals surface area (Å²) in [5, 5.41) is 2.87. The van der Waals surface area contributed by atoms with Gasteiger partial charge < -0.3 is 15.0 Å². The van der Waals surface area contributed by atoms with E-state index in [1.807, 2.05) is 65.6 Å². The molecule has 1 fully saturated rings. The number of hydrogen-bond acceptors (Lipinski definition) is 4. The van der Waals surface area contributed by atoms with Gasteiger partial charge in [-0.15, -0.1) is 11.8 Å². The number of rotatable bonds is 10. The highest BCUT2D eigenvalue weighted by molar-refractivity contribution is 7.99. The van der Waals surface area contributed by atoms with Gasteiger partial charge in [0.1, 0.15) is 18.4 Å². The minimum atomic E-state index is -0.535. The Morgan fingerprint density at radius 3 is 2.14 bits per heavy atom. The van der Waals surface area contributed by atoms with Gasteiger partial charge in [0.25, 0.3) is 0 Å². The van der Waals surface area contributed by atoms with Gasteiger partial charge in [0, 0.05) is 30.7 Å². The normalized spacial score (nSPS) is 14.8. The maximum atomic E-state index is 13.3. The SMILES string of the molecule is CC(=O)NC(CSc1ccc(OCc2ccccc2)cc1)C(=O)N1CCC(Cc2ccccc2)CC1. The molecule has 36 heavy (non-hydrogen) atoms. The first-order valence-electron chi connectivity index (χ1n) is 12.6. The molecule has 5 nitrogen and oxygen atoms in total. The average Bonchev–Trinajstić information content (AvgIpc) is 2.91. The van der Waals surface area contributed by atoms with Crippen molar-refractivity contribution in [2.45, 2.75) is 43.7 Å². The summed E-state index contributed by atoms with van der Waals surface area (Å²) in [6, 6.07) is 27.9. The van der Waals surface area contributed by atoms with Crippen molar-refractivity contribution < 1.29 is 14.3 Å². The Labute approximate surface area is 218 Å². The van der Waals surface area contributed by atoms with E-state index >= 15 is 0 Å². The molecule has 1 heterocycles. The highest BCUT2D eigenvalue weighted by atomic mass is 32.2. The standard InChI is InChI=1S/C30H34N2O3S/c1-23(33)31-29(30(34)32-18-16-25(17-19-32)20-24-8-4-2-5-9-24)22-36-28-14-12-27(13-15-28)35-21-26-10-6-3-7-11-26/h2-15,25,29H,16-22H2,1H3,(H,31,33). The number of ether oxygens (including phenoxy) is 1. The lowest BCUT2D eigenvalue weighted by Crippen LogP contribution is -2.51. The van der Waals surface area contributed by atoms with Crippen LogP contribution in [0.4, 0.5) is 0 Å². The third-order valence-corrected chi connectivity index (χ3v) is 7.56. The summed E-state index contributed by atoms with van der Waals surface area (Å²) in [7, 11) is 0. The zero-order valence-corrected chi connectivity index (χ0v) is 21.6. The van der Waals surface area contributed by atoms with E-state index in [-0.39, 0.29) is 11.8 Å². The van der Waals surface area contributed by atoms with Gasteiger partial charge >= 0.3 is 0 Å². The number of carbonyl (C=O) groups excluding carboxylic acids is 2. The van der Waals surface area contributed by atoms with E-state index in [4.69, 9.17) is 4.74 Å². The van der Waals surface area contributed by atoms with E-state index in [0.717, 1.165) is 48.6 Å². The molecule has 4 rings (SSSR count). The summed E-state index contributed by atoms with van der Waals surface area (Å²) >= 11 is 1.57. The fourth-order valence-corrected chi connectivity index (χ4v) is 5.41. The molecule has 3 aromatic carbocycles. The van der Waals surface area contributed by atoms with Gasteiger partial charge in [-0.2, -0.15) is 0 Å². The second-order valence-electron chi connectivity index (χ2n) is 9.27. The molecule has 0 bridgehead atoms. The second-order valence-corrected chi connectivity index (χ2v) is 10.4. The molecule has 6 heteroatoms. The Kier molecular flexibility index (Phi) is 9.45. The fraction of sp³-hybridized carbons (Fsp3) is 0.333. The lowest BCUT2D eigenvalue weighted by atomic mass is 9.90. The monoisotopic (exact) mass is 502 g/mol. The van der Waals surface area contributed by atoms with Crippen molar-refractivity contribution in [3.8, 4) is 5.75 Å². The van der Waals surface area contributed by atoms with E-state index < -0.39 is 6.04 Å². The lowest BCUT2D eigenvalue weighted by molar-refractivity contribution is -0.136. The molecule has 1 saturated heterocycles. The maximum Gasteiger partial charge on any atom is 0.246 e. The van der Waals surface area contributed by atoms with Gasteiger partial charge in [-0.05, 0) is 60.6 Å². The number of nitrogens with zero attached hydrogens (tertiary/aromatic N) is 1. The quantitative estimate of drug-likeness (QED) is 0.380. The van der Waals surface area contributed by atoms with Crippen molar-refractivity contribution in [2.24, 2.45) is 5.92 Å². The predicted octanol–water partition coefficient (Wildman–Crippen LogP) is 5.34. The summed E-state index contributed by atoms with van der Waals surface area (Å²) < 4.78 is 5.86. The molecule has 1 aliphatic rings. The van der Waals surface area contributed by atoms with Crippen molar-refractivity contribution in [3.63, 3.8) is 0 Å². The second kappa shape index (κ2) is 13.2. The van der Waals surface area contributed by atoms with E-state index in [1.54, 1.807) is 11.8 Å². The Bertz CT molecular complexity index is 1100. The molecule has 0 radical (unpaired) electrons. The molecule has 1 atom stereocenters. The van der Waals surface area contributed by atoms with Gasteiger partial charge in [-0.1, -0.05) is 60.7 Å². The van der Waals surface area contributed by atoms with Crippen LogP contribution in [0.25, 0.3) is 0 Å². The number of hydrogen-bond donors (Lipinski definition) is 1. The van der Waals surface area contributed by atoms with Crippen LogP contribution < -0.4 is 10.1 Å². The molecule has 1 aliphatic heterocycles. The summed E-state index contributed by atoms with van der Waals surface area (Å²) in [6.45, 7) is 3.47. The molecule has 0 aromatic heterocycles. The van der Waals surface area contributed by atoms with Crippen LogP contribution in [0.1, 0.15) is 30.9 Å². The van der Waals surface area contributed by atoms with Crippen LogP contribution in [0.5, 0.6) is 5.75 Å². The number of piperidine rings is 1. The van der Waals surface area contributed by atoms with Crippen LogP contribution in [0.15, 0.2) is 89.8 Å². The van der Waals surface area contributed by atoms with Crippen molar-refractivity contribution >= 4 is 23.6 Å². The van der Waals surface area contributed by atoms with Crippen molar-refractivity contribution in [1.82, 2.24) is 10.2 Å². The zero-order valence-electron chi connectivity index (χ0n) is 20.8. The van der Waals surface area contributed by atoms with E-state index in [1.165, 1.54) is 12.5 Å². The predicted molar refractivity (Wildman–Crippen MR) is 145 cm³/mol. The number of thioether (sulfide) groups is 1. The summed E-state index contributed by atoms with van der Waals surface area (Å²) in [5.41, 5.74) is 2.47. The molecular weight excluding hydrogens is 468 g/mol. The first-order chi connectivity index (χ1) is 17.6. The van der Waals surface area contributed by atoms with Gasteiger partial charge in [0.2, 0.25) is 11.8 Å². The summed E-state index contributed by atoms with van der Waals surface area (Å²) in [6.07, 6.45) is 3.04. The smallest absolute Gasteiger partial charge is 0.246 e. The van der Waals surface area contributed by atoms with Crippen molar-refractivity contribution in [2.75, 3.05) is 18.8 Å². The van der Waals surface area contributed by atoms with Crippen LogP contribution in [0, 0.1) is 5.92 Å². The largest absolute Gasteiger partial charge is 0.489 e. The number of carbonyl (C=O) groups is 2. The fourth-order valence-electron chi connectivity index (χ4n) is 4.50. The lowest BCUT2D eigenvalue weighted by Gasteiger charge is -2.34. The molecule has 2 amide bonds. The summed E-state index contributed by atoms with van der Waals surface area (Å²) in [4.78, 5) is 28.1. The van der Waals surface area contributed by atoms with E-state index in [0.29, 0.717) is 18.3 Å². The number of benzene rings is 3. The van der Waals surface area contributed by atoms with E-state index in [2.05, 4.69) is 29.6 Å². The minimum absolute atomic E-state index is 0.0127. The molecule has 0 spiro atoms. The topological polar surface area (TPSA) is 58.6 Å². The van der Waals surface area contributed by atoms with Crippen LogP contribution in [0.2, 0.25) is 0 Å². The van der Waals surface area contributed by atoms with Gasteiger partial charge in [0.05, 0.1) is 0 Å². The molecule has 1 unspecified atom stereocenters. The molecule has 188 valence electrons. The highest BCUT2D eigenvalue weighted by Crippen LogP contribution is 2.25. The maximum absolute atomic E-state index is 13.3. The van der Waals surface area contributed by atoms with Crippen molar-refractivity contribution in [1.29, 1.82) is 0 Å². The van der Waals surface area contributed by atoms with Crippen LogP contribution in [-0.4, -0.2) is 41.6 Å². The first-order valence-corrected chi connectivity index (χ1v) is 13.5. The minimum Gasteiger partial charge on any atom is -0.489 e. The van der Waals surface area contributed by atoms with Gasteiger partial charge in [-0.25, -0.2) is 0 Å². The third kappa shape index (κ3) is 7.89. The highest BCUT2D eigenvalue weighted by Gasteiger charge is 2.29. The Hall–Kier alpha value is -3.25. The molecule has 3 aromatic rings. The molecular formula is C30H34N2O3S. The number of likely N-dealkylation sites (tertiary alicyclic amines) is 1. The number of amides is 2.